The number of thioether (sulfide) groups is 1. The Hall–Kier alpha value is -0.470. The van der Waals surface area contributed by atoms with Gasteiger partial charge in [-0.15, -0.1) is 0 Å². The first-order valence-electron chi connectivity index (χ1n) is 4.65. The van der Waals surface area contributed by atoms with Crippen molar-refractivity contribution in [3.63, 3.8) is 0 Å². The first-order chi connectivity index (χ1) is 6.37. The number of rotatable bonds is 3. The van der Waals surface area contributed by atoms with Crippen molar-refractivity contribution in [2.45, 2.75) is 12.5 Å². The van der Waals surface area contributed by atoms with Gasteiger partial charge in [0.15, 0.2) is 0 Å². The summed E-state index contributed by atoms with van der Waals surface area (Å²) in [6.45, 7) is 2.86. The van der Waals surface area contributed by atoms with Gasteiger partial charge in [0.25, 0.3) is 0 Å². The van der Waals surface area contributed by atoms with Crippen molar-refractivity contribution >= 4 is 11.8 Å². The predicted molar refractivity (Wildman–Crippen MR) is 57.1 cm³/mol. The first-order valence-corrected chi connectivity index (χ1v) is 5.80. The molecule has 0 aliphatic carbocycles. The van der Waals surface area contributed by atoms with Gasteiger partial charge in [-0.2, -0.15) is 11.8 Å². The number of hydrogen-bond acceptors (Lipinski definition) is 2. The first kappa shape index (κ1) is 9.10. The van der Waals surface area contributed by atoms with E-state index in [0.717, 1.165) is 18.1 Å². The van der Waals surface area contributed by atoms with Crippen molar-refractivity contribution in [1.82, 2.24) is 0 Å². The van der Waals surface area contributed by atoms with Crippen molar-refractivity contribution in [3.8, 4) is 0 Å². The fourth-order valence-electron chi connectivity index (χ4n) is 1.64. The molecule has 0 radical (unpaired) electrons. The van der Waals surface area contributed by atoms with Gasteiger partial charge < -0.3 is 4.74 Å². The van der Waals surface area contributed by atoms with Crippen LogP contribution in [-0.2, 0) is 10.3 Å². The molecule has 1 aromatic carbocycles. The summed E-state index contributed by atoms with van der Waals surface area (Å²) in [6.07, 6.45) is 0. The van der Waals surface area contributed by atoms with Crippen molar-refractivity contribution in [2.75, 3.05) is 18.1 Å². The molecular weight excluding hydrogens is 180 g/mol. The summed E-state index contributed by atoms with van der Waals surface area (Å²) in [5.41, 5.74) is 1.36. The summed E-state index contributed by atoms with van der Waals surface area (Å²) < 4.78 is 5.83. The Balaban J connectivity index is 2.22. The van der Waals surface area contributed by atoms with Crippen LogP contribution >= 0.6 is 11.8 Å². The fraction of sp³-hybridized carbons (Fsp3) is 0.455. The zero-order chi connectivity index (χ0) is 9.15. The monoisotopic (exact) mass is 194 g/mol. The average molecular weight is 194 g/mol. The maximum absolute atomic E-state index is 5.83. The molecule has 0 atom stereocenters. The molecule has 0 unspecified atom stereocenters. The van der Waals surface area contributed by atoms with Crippen LogP contribution in [0.3, 0.4) is 0 Å². The minimum Gasteiger partial charge on any atom is -0.369 e. The third-order valence-electron chi connectivity index (χ3n) is 2.39. The zero-order valence-corrected chi connectivity index (χ0v) is 8.64. The Kier molecular flexibility index (Phi) is 2.61. The molecule has 0 N–H and O–H groups in total. The highest BCUT2D eigenvalue weighted by atomic mass is 32.2. The zero-order valence-electron chi connectivity index (χ0n) is 7.82. The van der Waals surface area contributed by atoms with Gasteiger partial charge in [-0.3, -0.25) is 0 Å². The number of hydrogen-bond donors (Lipinski definition) is 0. The Bertz CT molecular complexity index is 267. The molecule has 0 saturated carbocycles. The van der Waals surface area contributed by atoms with Gasteiger partial charge >= 0.3 is 0 Å². The molecule has 0 amide bonds. The van der Waals surface area contributed by atoms with Crippen molar-refractivity contribution in [2.24, 2.45) is 0 Å². The number of benzene rings is 1. The Morgan fingerprint density at radius 3 is 2.46 bits per heavy atom. The minimum atomic E-state index is 0.0284. The van der Waals surface area contributed by atoms with Crippen LogP contribution in [0.1, 0.15) is 12.5 Å². The molecule has 0 spiro atoms. The van der Waals surface area contributed by atoms with Gasteiger partial charge in [0, 0.05) is 18.1 Å². The van der Waals surface area contributed by atoms with Gasteiger partial charge in [0.05, 0.1) is 0 Å². The van der Waals surface area contributed by atoms with Crippen LogP contribution < -0.4 is 0 Å². The summed E-state index contributed by atoms with van der Waals surface area (Å²) in [4.78, 5) is 0. The molecule has 2 heteroatoms. The normalized spacial score (nSPS) is 19.5. The van der Waals surface area contributed by atoms with Crippen LogP contribution in [0, 0.1) is 0 Å². The SMILES string of the molecule is CCOC1(c2ccccc2)CSC1. The van der Waals surface area contributed by atoms with E-state index in [0.29, 0.717) is 0 Å². The Morgan fingerprint density at radius 1 is 1.31 bits per heavy atom. The van der Waals surface area contributed by atoms with Gasteiger partial charge in [0.2, 0.25) is 0 Å². The maximum Gasteiger partial charge on any atom is 0.111 e. The van der Waals surface area contributed by atoms with Gasteiger partial charge in [0.1, 0.15) is 5.60 Å². The van der Waals surface area contributed by atoms with E-state index in [9.17, 15) is 0 Å². The fourth-order valence-corrected chi connectivity index (χ4v) is 2.71. The lowest BCUT2D eigenvalue weighted by Gasteiger charge is -2.41. The van der Waals surface area contributed by atoms with Crippen LogP contribution in [0.25, 0.3) is 0 Å². The summed E-state index contributed by atoms with van der Waals surface area (Å²) in [6, 6.07) is 10.5. The molecule has 13 heavy (non-hydrogen) atoms. The lowest BCUT2D eigenvalue weighted by molar-refractivity contribution is -0.0150. The van der Waals surface area contributed by atoms with E-state index in [1.54, 1.807) is 0 Å². The molecule has 1 nitrogen and oxygen atoms in total. The minimum absolute atomic E-state index is 0.0284. The van der Waals surface area contributed by atoms with Gasteiger partial charge in [-0.25, -0.2) is 0 Å². The van der Waals surface area contributed by atoms with Gasteiger partial charge in [-0.1, -0.05) is 30.3 Å². The molecule has 1 heterocycles. The second-order valence-corrected chi connectivity index (χ2v) is 4.27. The Labute approximate surface area is 83.5 Å². The standard InChI is InChI=1S/C11H14OS/c1-2-12-11(8-13-9-11)10-6-4-3-5-7-10/h3-7H,2,8-9H2,1H3. The summed E-state index contributed by atoms with van der Waals surface area (Å²) in [5.74, 6) is 2.20. The van der Waals surface area contributed by atoms with Crippen LogP contribution in [0.5, 0.6) is 0 Å². The van der Waals surface area contributed by atoms with Gasteiger partial charge in [-0.05, 0) is 12.5 Å². The largest absolute Gasteiger partial charge is 0.369 e. The molecule has 70 valence electrons. The van der Waals surface area contributed by atoms with Crippen LogP contribution in [0.4, 0.5) is 0 Å². The molecule has 0 bridgehead atoms. The van der Waals surface area contributed by atoms with Crippen molar-refractivity contribution in [3.05, 3.63) is 35.9 Å². The van der Waals surface area contributed by atoms with E-state index in [-0.39, 0.29) is 5.60 Å². The molecule has 1 aliphatic rings. The summed E-state index contributed by atoms with van der Waals surface area (Å²) >= 11 is 1.95. The van der Waals surface area contributed by atoms with E-state index >= 15 is 0 Å². The van der Waals surface area contributed by atoms with E-state index in [1.807, 2.05) is 11.8 Å². The third-order valence-corrected chi connectivity index (χ3v) is 3.73. The molecule has 1 aromatic rings. The molecule has 1 fully saturated rings. The second-order valence-electron chi connectivity index (χ2n) is 3.29. The lowest BCUT2D eigenvalue weighted by Crippen LogP contribution is -2.43. The van der Waals surface area contributed by atoms with E-state index in [1.165, 1.54) is 5.56 Å². The van der Waals surface area contributed by atoms with Crippen molar-refractivity contribution < 1.29 is 4.74 Å². The smallest absolute Gasteiger partial charge is 0.111 e. The van der Waals surface area contributed by atoms with Crippen LogP contribution in [0.2, 0.25) is 0 Å². The maximum atomic E-state index is 5.83. The molecule has 1 saturated heterocycles. The van der Waals surface area contributed by atoms with Crippen LogP contribution in [-0.4, -0.2) is 18.1 Å². The molecule has 1 aliphatic heterocycles. The summed E-state index contributed by atoms with van der Waals surface area (Å²) in [7, 11) is 0. The molecule has 0 aromatic heterocycles. The Morgan fingerprint density at radius 2 is 2.00 bits per heavy atom. The highest BCUT2D eigenvalue weighted by molar-refractivity contribution is 8.00. The third kappa shape index (κ3) is 1.61. The topological polar surface area (TPSA) is 9.23 Å². The lowest BCUT2D eigenvalue weighted by atomic mass is 9.97. The molecule has 2 rings (SSSR count). The van der Waals surface area contributed by atoms with Crippen molar-refractivity contribution in [1.29, 1.82) is 0 Å². The predicted octanol–water partition coefficient (Wildman–Crippen LogP) is 2.67. The highest BCUT2D eigenvalue weighted by Crippen LogP contribution is 2.41. The average Bonchev–Trinajstić information content (AvgIpc) is 2.13. The second kappa shape index (κ2) is 3.72. The number of ether oxygens (including phenoxy) is 1. The quantitative estimate of drug-likeness (QED) is 0.731. The van der Waals surface area contributed by atoms with E-state index in [4.69, 9.17) is 4.74 Å². The van der Waals surface area contributed by atoms with E-state index in [2.05, 4.69) is 37.3 Å². The van der Waals surface area contributed by atoms with E-state index < -0.39 is 0 Å². The molecular formula is C11H14OS. The summed E-state index contributed by atoms with van der Waals surface area (Å²) in [5, 5.41) is 0. The van der Waals surface area contributed by atoms with Crippen LogP contribution in [0.15, 0.2) is 30.3 Å². The highest BCUT2D eigenvalue weighted by Gasteiger charge is 2.40.